The molecule has 2 aromatic rings. The van der Waals surface area contributed by atoms with Gasteiger partial charge >= 0.3 is 12.1 Å². The van der Waals surface area contributed by atoms with Crippen molar-refractivity contribution in [3.63, 3.8) is 0 Å². The summed E-state index contributed by atoms with van der Waals surface area (Å²) in [7, 11) is 0. The summed E-state index contributed by atoms with van der Waals surface area (Å²) in [6, 6.07) is -0.718. The van der Waals surface area contributed by atoms with E-state index < -0.39 is 53.1 Å². The molecule has 1 N–H and O–H groups in total. The summed E-state index contributed by atoms with van der Waals surface area (Å²) >= 11 is 12.4. The van der Waals surface area contributed by atoms with Crippen LogP contribution in [0.1, 0.15) is 104 Å². The Morgan fingerprint density at radius 1 is 1.02 bits per heavy atom. The fourth-order valence-electron chi connectivity index (χ4n) is 7.34. The molecule has 0 aliphatic heterocycles. The first kappa shape index (κ1) is 30.8. The first-order valence-electron chi connectivity index (χ1n) is 14.1. The van der Waals surface area contributed by atoms with Gasteiger partial charge in [-0.3, -0.25) is 24.0 Å². The Bertz CT molecular complexity index is 1390. The van der Waals surface area contributed by atoms with Gasteiger partial charge in [0.15, 0.2) is 11.5 Å². The van der Waals surface area contributed by atoms with Crippen LogP contribution < -0.4 is 0 Å². The lowest BCUT2D eigenvalue weighted by Gasteiger charge is -2.35. The Morgan fingerprint density at radius 2 is 1.62 bits per heavy atom. The van der Waals surface area contributed by atoms with Crippen LogP contribution in [0.3, 0.4) is 0 Å². The number of carbonyl (C=O) groups is 3. The molecule has 3 aliphatic carbocycles. The van der Waals surface area contributed by atoms with Gasteiger partial charge in [-0.2, -0.15) is 18.3 Å². The topological polar surface area (TPSA) is 105 Å². The lowest BCUT2D eigenvalue weighted by Crippen LogP contribution is -2.43. The number of amides is 1. The summed E-state index contributed by atoms with van der Waals surface area (Å²) in [5, 5.41) is 13.5. The van der Waals surface area contributed by atoms with Gasteiger partial charge in [0.2, 0.25) is 0 Å². The van der Waals surface area contributed by atoms with Gasteiger partial charge in [0.25, 0.3) is 5.91 Å². The summed E-state index contributed by atoms with van der Waals surface area (Å²) in [6.45, 7) is 3.38. The summed E-state index contributed by atoms with van der Waals surface area (Å²) in [6.07, 6.45) is 3.56. The minimum Gasteiger partial charge on any atom is -0.481 e. The molecule has 3 aliphatic rings. The zero-order chi connectivity index (χ0) is 30.7. The highest BCUT2D eigenvalue weighted by Gasteiger charge is 2.53. The summed E-state index contributed by atoms with van der Waals surface area (Å²) in [5.74, 6) is -2.53. The minimum atomic E-state index is -4.92. The van der Waals surface area contributed by atoms with E-state index in [2.05, 4.69) is 17.0 Å². The first-order chi connectivity index (χ1) is 19.6. The molecular weight excluding hydrogens is 596 g/mol. The number of pyridine rings is 1. The third-order valence-corrected chi connectivity index (χ3v) is 10.4. The molecule has 2 bridgehead atoms. The largest absolute Gasteiger partial charge is 0.481 e. The number of alkyl halides is 3. The molecule has 5 rings (SSSR count). The fourth-order valence-corrected chi connectivity index (χ4v) is 7.91. The van der Waals surface area contributed by atoms with Crippen molar-refractivity contribution in [1.29, 1.82) is 0 Å². The highest BCUT2D eigenvalue weighted by atomic mass is 35.5. The molecule has 2 aromatic heterocycles. The zero-order valence-electron chi connectivity index (χ0n) is 23.4. The van der Waals surface area contributed by atoms with E-state index in [0.29, 0.717) is 0 Å². The summed E-state index contributed by atoms with van der Waals surface area (Å²) < 4.78 is 44.6. The zero-order valence-corrected chi connectivity index (χ0v) is 25.0. The van der Waals surface area contributed by atoms with E-state index in [-0.39, 0.29) is 58.7 Å². The van der Waals surface area contributed by atoms with Crippen molar-refractivity contribution in [3.05, 3.63) is 45.5 Å². The van der Waals surface area contributed by atoms with Gasteiger partial charge in [0.05, 0.1) is 45.4 Å². The molecule has 0 aromatic carbocycles. The molecule has 3 fully saturated rings. The molecule has 0 spiro atoms. The van der Waals surface area contributed by atoms with Gasteiger partial charge in [-0.05, 0) is 75.5 Å². The van der Waals surface area contributed by atoms with Crippen LogP contribution in [0.2, 0.25) is 10.0 Å². The molecule has 0 atom stereocenters. The molecule has 0 unspecified atom stereocenters. The van der Waals surface area contributed by atoms with Crippen LogP contribution >= 0.6 is 23.2 Å². The number of carbonyl (C=O) groups excluding carboxylic acids is 2. The maximum atomic E-state index is 14.6. The molecule has 3 saturated carbocycles. The van der Waals surface area contributed by atoms with Crippen molar-refractivity contribution in [2.24, 2.45) is 16.2 Å². The smallest absolute Gasteiger partial charge is 0.433 e. The van der Waals surface area contributed by atoms with E-state index in [9.17, 15) is 32.7 Å². The van der Waals surface area contributed by atoms with Crippen LogP contribution in [0.5, 0.6) is 0 Å². The van der Waals surface area contributed by atoms with E-state index in [1.807, 2.05) is 0 Å². The molecule has 228 valence electrons. The Morgan fingerprint density at radius 3 is 2.12 bits per heavy atom. The predicted molar refractivity (Wildman–Crippen MR) is 149 cm³/mol. The first-order valence-corrected chi connectivity index (χ1v) is 14.8. The SMILES string of the molecule is CC12CCC(CN(CC(=O)c3c(Cl)cncc3Cl)C(=O)c3cnn([C@H]4CC[C@](C)(C(=O)O)CC4)c3C(F)(F)F)(CC1)C2. The highest BCUT2D eigenvalue weighted by Crippen LogP contribution is 2.61. The van der Waals surface area contributed by atoms with Gasteiger partial charge in [-0.15, -0.1) is 0 Å². The molecule has 2 heterocycles. The van der Waals surface area contributed by atoms with Crippen molar-refractivity contribution in [2.75, 3.05) is 13.1 Å². The number of carboxylic acid groups (broad SMARTS) is 1. The maximum absolute atomic E-state index is 14.6. The number of nitrogens with zero attached hydrogens (tertiary/aromatic N) is 4. The van der Waals surface area contributed by atoms with Crippen molar-refractivity contribution in [2.45, 2.75) is 83.9 Å². The third-order valence-electron chi connectivity index (χ3n) is 9.81. The highest BCUT2D eigenvalue weighted by molar-refractivity contribution is 6.39. The Hall–Kier alpha value is -2.66. The minimum absolute atomic E-state index is 0.0122. The van der Waals surface area contributed by atoms with Crippen molar-refractivity contribution < 1.29 is 32.7 Å². The van der Waals surface area contributed by atoms with Crippen LogP contribution in [-0.2, 0) is 11.0 Å². The second kappa shape index (κ2) is 10.8. The molecular formula is C29H33Cl2F3N4O4. The van der Waals surface area contributed by atoms with E-state index in [0.717, 1.165) is 43.0 Å². The number of hydrogen-bond acceptors (Lipinski definition) is 5. The second-order valence-electron chi connectivity index (χ2n) is 13.0. The number of aromatic nitrogens is 3. The molecule has 0 radical (unpaired) electrons. The van der Waals surface area contributed by atoms with Gasteiger partial charge in [-0.1, -0.05) is 30.1 Å². The Balaban J connectivity index is 1.49. The van der Waals surface area contributed by atoms with E-state index >= 15 is 0 Å². The number of halogens is 5. The van der Waals surface area contributed by atoms with Gasteiger partial charge in [0.1, 0.15) is 0 Å². The predicted octanol–water partition coefficient (Wildman–Crippen LogP) is 7.11. The van der Waals surface area contributed by atoms with Crippen LogP contribution in [0, 0.1) is 16.2 Å². The Kier molecular flexibility index (Phi) is 7.92. The van der Waals surface area contributed by atoms with Gasteiger partial charge in [-0.25, -0.2) is 0 Å². The maximum Gasteiger partial charge on any atom is 0.433 e. The van der Waals surface area contributed by atoms with E-state index in [1.54, 1.807) is 6.92 Å². The number of Topliss-reactive ketones (excluding diaryl/α,β-unsaturated/α-hetero) is 1. The fraction of sp³-hybridized carbons (Fsp3) is 0.621. The van der Waals surface area contributed by atoms with E-state index in [1.165, 1.54) is 17.3 Å². The number of hydrogen-bond donors (Lipinski definition) is 1. The average Bonchev–Trinajstić information content (AvgIpc) is 3.59. The molecule has 8 nitrogen and oxygen atoms in total. The normalized spacial score (nSPS) is 29.1. The van der Waals surface area contributed by atoms with Crippen LogP contribution in [-0.4, -0.2) is 55.5 Å². The number of carboxylic acids is 1. The van der Waals surface area contributed by atoms with Crippen molar-refractivity contribution in [1.82, 2.24) is 19.7 Å². The quantitative estimate of drug-likeness (QED) is 0.312. The van der Waals surface area contributed by atoms with Crippen LogP contribution in [0.15, 0.2) is 18.6 Å². The third kappa shape index (κ3) is 5.66. The standard InChI is InChI=1S/C29H33Cl2F3N4O4/c1-26-7-9-28(15-26,10-8-26)16-37(14-21(39)22-19(30)12-35-13-20(22)31)24(40)18-11-36-38(23(18)29(32,33)34)17-3-5-27(2,6-4-17)25(41)42/h11-13,17H,3-10,14-16H2,1-2H3,(H,41,42)/t17-,26?,27-,28?. The number of ketones is 1. The molecule has 42 heavy (non-hydrogen) atoms. The average molecular weight is 630 g/mol. The monoisotopic (exact) mass is 628 g/mol. The number of fused-ring (bicyclic) bond motifs is 2. The van der Waals surface area contributed by atoms with Gasteiger partial charge < -0.3 is 10.0 Å². The van der Waals surface area contributed by atoms with E-state index in [4.69, 9.17) is 23.2 Å². The van der Waals surface area contributed by atoms with Crippen LogP contribution in [0.25, 0.3) is 0 Å². The molecule has 0 saturated heterocycles. The van der Waals surface area contributed by atoms with Crippen molar-refractivity contribution in [3.8, 4) is 0 Å². The molecule has 1 amide bonds. The Labute approximate surface area is 251 Å². The summed E-state index contributed by atoms with van der Waals surface area (Å²) in [4.78, 5) is 44.2. The lowest BCUT2D eigenvalue weighted by atomic mass is 9.74. The second-order valence-corrected chi connectivity index (χ2v) is 13.8. The lowest BCUT2D eigenvalue weighted by molar-refractivity contribution is -0.152. The van der Waals surface area contributed by atoms with Crippen LogP contribution in [0.4, 0.5) is 13.2 Å². The van der Waals surface area contributed by atoms with Gasteiger partial charge in [0, 0.05) is 18.9 Å². The summed E-state index contributed by atoms with van der Waals surface area (Å²) in [5.41, 5.74) is -3.07. The number of rotatable bonds is 8. The molecule has 13 heteroatoms. The number of aliphatic carboxylic acids is 1. The van der Waals surface area contributed by atoms with Crippen molar-refractivity contribution >= 4 is 40.9 Å².